The van der Waals surface area contributed by atoms with E-state index in [1.165, 1.54) is 0 Å². The number of benzene rings is 1. The van der Waals surface area contributed by atoms with Crippen LogP contribution in [0, 0.1) is 23.7 Å². The zero-order valence-electron chi connectivity index (χ0n) is 32.1. The van der Waals surface area contributed by atoms with Crippen molar-refractivity contribution in [2.24, 2.45) is 23.7 Å². The average molecular weight is 738 g/mol. The molecule has 53 heavy (non-hydrogen) atoms. The summed E-state index contributed by atoms with van der Waals surface area (Å²) in [4.78, 5) is 78.6. The number of tetrazole rings is 1. The summed E-state index contributed by atoms with van der Waals surface area (Å²) in [5.41, 5.74) is 0.871. The van der Waals surface area contributed by atoms with Crippen LogP contribution in [0.5, 0.6) is 0 Å². The fraction of sp³-hybridized carbons (Fsp3) is 0.658. The molecular weight excluding hydrogens is 678 g/mol. The molecule has 15 heteroatoms. The standard InChI is InChI=1S/C38H59N9O6/c1-7-14-29(35(50)38(53)40-25(6)26-15-9-8-10-16-26)41-32(49)21-27-17-13-18-28(27)22-39-36(51)33(23(2)3)43-37(52)34(24(4)5)42-31(48)20-12-11-19-30-44-46-47-45-30/h8-10,15-16,23-25,27-29,33-34H,7,11-14,17-22H2,1-6H3,(H,39,51)(H,40,53)(H,41,49)(H,42,48)(H,43,52)(H,44,45,46,47)/t25-,27-,28+,29?,33+,34+/m1/s1. The van der Waals surface area contributed by atoms with Gasteiger partial charge >= 0.3 is 0 Å². The smallest absolute Gasteiger partial charge is 0.290 e. The molecule has 0 radical (unpaired) electrons. The number of nitrogens with one attached hydrogen (secondary N) is 6. The van der Waals surface area contributed by atoms with Gasteiger partial charge < -0.3 is 26.6 Å². The minimum absolute atomic E-state index is 0.0142. The van der Waals surface area contributed by atoms with Crippen LogP contribution in [-0.4, -0.2) is 80.6 Å². The third-order valence-electron chi connectivity index (χ3n) is 9.87. The van der Waals surface area contributed by atoms with E-state index < -0.39 is 35.7 Å². The molecule has 1 heterocycles. The summed E-state index contributed by atoms with van der Waals surface area (Å²) in [6.07, 6.45) is 5.81. The fourth-order valence-electron chi connectivity index (χ4n) is 6.71. The Morgan fingerprint density at radius 3 is 2.13 bits per heavy atom. The molecule has 1 aromatic carbocycles. The predicted molar refractivity (Wildman–Crippen MR) is 199 cm³/mol. The predicted octanol–water partition coefficient (Wildman–Crippen LogP) is 2.85. The average Bonchev–Trinajstić information content (AvgIpc) is 3.82. The second-order valence-corrected chi connectivity index (χ2v) is 14.9. The molecule has 6 N–H and O–H groups in total. The summed E-state index contributed by atoms with van der Waals surface area (Å²) in [7, 11) is 0. The quantitative estimate of drug-likeness (QED) is 0.0773. The molecule has 1 aliphatic carbocycles. The summed E-state index contributed by atoms with van der Waals surface area (Å²) >= 11 is 0. The summed E-state index contributed by atoms with van der Waals surface area (Å²) in [5, 5.41) is 27.8. The highest BCUT2D eigenvalue weighted by Crippen LogP contribution is 2.33. The van der Waals surface area contributed by atoms with E-state index in [4.69, 9.17) is 0 Å². The van der Waals surface area contributed by atoms with Gasteiger partial charge in [0.05, 0.1) is 12.1 Å². The maximum Gasteiger partial charge on any atom is 0.290 e. The lowest BCUT2D eigenvalue weighted by Gasteiger charge is -2.28. The number of amides is 5. The first-order chi connectivity index (χ1) is 25.3. The molecule has 1 aromatic heterocycles. The third kappa shape index (κ3) is 14.0. The van der Waals surface area contributed by atoms with Gasteiger partial charge in [-0.25, -0.2) is 5.10 Å². The first-order valence-electron chi connectivity index (χ1n) is 19.1. The van der Waals surface area contributed by atoms with E-state index in [0.29, 0.717) is 44.5 Å². The number of nitrogens with zero attached hydrogens (tertiary/aromatic N) is 3. The van der Waals surface area contributed by atoms with E-state index >= 15 is 0 Å². The second-order valence-electron chi connectivity index (χ2n) is 14.9. The van der Waals surface area contributed by atoms with Gasteiger partial charge in [-0.15, -0.1) is 5.10 Å². The van der Waals surface area contributed by atoms with Gasteiger partial charge in [-0.3, -0.25) is 28.8 Å². The van der Waals surface area contributed by atoms with Gasteiger partial charge in [-0.1, -0.05) is 77.8 Å². The molecule has 0 saturated heterocycles. The third-order valence-corrected chi connectivity index (χ3v) is 9.87. The summed E-state index contributed by atoms with van der Waals surface area (Å²) in [6.45, 7) is 11.4. The number of carbonyl (C=O) groups is 6. The van der Waals surface area contributed by atoms with Gasteiger partial charge in [0.2, 0.25) is 29.4 Å². The Morgan fingerprint density at radius 2 is 1.49 bits per heavy atom. The van der Waals surface area contributed by atoms with E-state index in [-0.39, 0.29) is 60.3 Å². The van der Waals surface area contributed by atoms with Crippen molar-refractivity contribution >= 4 is 35.3 Å². The van der Waals surface area contributed by atoms with Crippen LogP contribution in [0.3, 0.4) is 0 Å². The number of carbonyl (C=O) groups excluding carboxylic acids is 6. The van der Waals surface area contributed by atoms with Crippen molar-refractivity contribution in [1.82, 2.24) is 47.2 Å². The van der Waals surface area contributed by atoms with Crippen molar-refractivity contribution in [3.05, 3.63) is 41.7 Å². The maximum atomic E-state index is 13.4. The number of hydrogen-bond donors (Lipinski definition) is 6. The van der Waals surface area contributed by atoms with E-state index in [0.717, 1.165) is 24.8 Å². The highest BCUT2D eigenvalue weighted by molar-refractivity contribution is 6.38. The van der Waals surface area contributed by atoms with Gasteiger partial charge in [0.25, 0.3) is 5.91 Å². The Balaban J connectivity index is 1.49. The normalized spacial score (nSPS) is 17.7. The topological polar surface area (TPSA) is 217 Å². The van der Waals surface area contributed by atoms with Crippen molar-refractivity contribution in [2.75, 3.05) is 6.54 Å². The second kappa shape index (κ2) is 21.7. The first-order valence-corrected chi connectivity index (χ1v) is 19.1. The Hall–Kier alpha value is -4.69. The lowest BCUT2D eigenvalue weighted by atomic mass is 9.91. The molecule has 292 valence electrons. The van der Waals surface area contributed by atoms with Crippen LogP contribution in [0.25, 0.3) is 0 Å². The summed E-state index contributed by atoms with van der Waals surface area (Å²) in [5.74, 6) is -2.47. The lowest BCUT2D eigenvalue weighted by molar-refractivity contribution is -0.140. The summed E-state index contributed by atoms with van der Waals surface area (Å²) < 4.78 is 0. The Bertz CT molecular complexity index is 1480. The van der Waals surface area contributed by atoms with Crippen molar-refractivity contribution in [3.8, 4) is 0 Å². The van der Waals surface area contributed by atoms with Crippen LogP contribution in [0.2, 0.25) is 0 Å². The number of hydrogen-bond acceptors (Lipinski definition) is 9. The zero-order chi connectivity index (χ0) is 38.9. The van der Waals surface area contributed by atoms with Gasteiger partial charge in [0.15, 0.2) is 0 Å². The molecule has 2 aromatic rings. The lowest BCUT2D eigenvalue weighted by Crippen LogP contribution is -2.57. The highest BCUT2D eigenvalue weighted by atomic mass is 16.2. The van der Waals surface area contributed by atoms with E-state index in [2.05, 4.69) is 47.2 Å². The minimum Gasteiger partial charge on any atom is -0.354 e. The Labute approximate surface area is 312 Å². The monoisotopic (exact) mass is 737 g/mol. The number of rotatable bonds is 22. The number of Topliss-reactive ketones (excluding diaryl/α,β-unsaturated/α-hetero) is 1. The van der Waals surface area contributed by atoms with Gasteiger partial charge in [0.1, 0.15) is 17.9 Å². The SMILES string of the molecule is CCCC(NC(=O)C[C@H]1CCC[C@H]1CNC(=O)[C@@H](NC(=O)[C@@H](NC(=O)CCCCc1nnn[nH]1)C(C)C)C(C)C)C(=O)C(=O)N[C@H](C)c1ccccc1. The zero-order valence-corrected chi connectivity index (χ0v) is 32.1. The molecule has 5 amide bonds. The molecule has 1 aliphatic rings. The largest absolute Gasteiger partial charge is 0.354 e. The molecule has 1 saturated carbocycles. The molecule has 0 bridgehead atoms. The summed E-state index contributed by atoms with van der Waals surface area (Å²) in [6, 6.07) is 6.42. The molecule has 0 spiro atoms. The fourth-order valence-corrected chi connectivity index (χ4v) is 6.71. The van der Waals surface area contributed by atoms with Crippen molar-refractivity contribution in [2.45, 2.75) is 130 Å². The van der Waals surface area contributed by atoms with Crippen LogP contribution in [-0.2, 0) is 35.2 Å². The molecule has 1 fully saturated rings. The number of ketones is 1. The first kappa shape index (κ1) is 42.7. The Kier molecular flexibility index (Phi) is 17.5. The highest BCUT2D eigenvalue weighted by Gasteiger charge is 2.34. The number of unbranched alkanes of at least 4 members (excludes halogenated alkanes) is 1. The number of aromatic amines is 1. The van der Waals surface area contributed by atoms with Crippen molar-refractivity contribution < 1.29 is 28.8 Å². The van der Waals surface area contributed by atoms with E-state index in [1.807, 2.05) is 65.0 Å². The van der Waals surface area contributed by atoms with Gasteiger partial charge in [-0.2, -0.15) is 0 Å². The molecule has 0 aliphatic heterocycles. The van der Waals surface area contributed by atoms with E-state index in [9.17, 15) is 28.8 Å². The molecule has 6 atom stereocenters. The van der Waals surface area contributed by atoms with Crippen LogP contribution in [0.15, 0.2) is 30.3 Å². The molecule has 15 nitrogen and oxygen atoms in total. The number of aromatic nitrogens is 4. The van der Waals surface area contributed by atoms with E-state index in [1.54, 1.807) is 6.92 Å². The van der Waals surface area contributed by atoms with Gasteiger partial charge in [-0.05, 0) is 78.7 Å². The van der Waals surface area contributed by atoms with Crippen molar-refractivity contribution in [3.63, 3.8) is 0 Å². The molecular formula is C38H59N9O6. The minimum atomic E-state index is -0.923. The number of aryl methyl sites for hydroxylation is 1. The molecule has 1 unspecified atom stereocenters. The van der Waals surface area contributed by atoms with Crippen LogP contribution < -0.4 is 26.6 Å². The maximum absolute atomic E-state index is 13.4. The van der Waals surface area contributed by atoms with Crippen molar-refractivity contribution in [1.29, 1.82) is 0 Å². The van der Waals surface area contributed by atoms with Gasteiger partial charge in [0, 0.05) is 25.8 Å². The van der Waals surface area contributed by atoms with Crippen LogP contribution >= 0.6 is 0 Å². The molecule has 3 rings (SSSR count). The van der Waals surface area contributed by atoms with Crippen LogP contribution in [0.1, 0.15) is 117 Å². The number of H-pyrrole nitrogens is 1. The van der Waals surface area contributed by atoms with Crippen LogP contribution in [0.4, 0.5) is 0 Å². The Morgan fingerprint density at radius 1 is 0.811 bits per heavy atom.